The number of fused-ring (bicyclic) bond motifs is 1. The molecular formula is C20H24N4O3. The van der Waals surface area contributed by atoms with Crippen molar-refractivity contribution in [3.05, 3.63) is 52.8 Å². The van der Waals surface area contributed by atoms with Crippen LogP contribution in [0.15, 0.2) is 41.5 Å². The van der Waals surface area contributed by atoms with E-state index in [0.717, 1.165) is 31.4 Å². The summed E-state index contributed by atoms with van der Waals surface area (Å²) in [5.41, 5.74) is 0.599. The first-order valence-electron chi connectivity index (χ1n) is 9.46. The van der Waals surface area contributed by atoms with Crippen LogP contribution in [-0.4, -0.2) is 37.8 Å². The van der Waals surface area contributed by atoms with Crippen molar-refractivity contribution in [1.82, 2.24) is 19.9 Å². The van der Waals surface area contributed by atoms with Gasteiger partial charge in [-0.3, -0.25) is 4.79 Å². The average Bonchev–Trinajstić information content (AvgIpc) is 3.29. The Morgan fingerprint density at radius 1 is 1.22 bits per heavy atom. The molecule has 3 atom stereocenters. The normalized spacial score (nSPS) is 20.8. The number of hydrogen-bond donors (Lipinski definition) is 3. The number of ether oxygens (including phenoxy) is 1. The van der Waals surface area contributed by atoms with E-state index in [9.17, 15) is 9.90 Å². The van der Waals surface area contributed by atoms with E-state index in [4.69, 9.17) is 4.74 Å². The van der Waals surface area contributed by atoms with Crippen molar-refractivity contribution < 1.29 is 9.84 Å². The summed E-state index contributed by atoms with van der Waals surface area (Å²) in [4.78, 5) is 26.1. The number of hydrogen-bond acceptors (Lipinski definition) is 5. The summed E-state index contributed by atoms with van der Waals surface area (Å²) in [5.74, 6) is 2.46. The quantitative estimate of drug-likeness (QED) is 0.594. The molecule has 3 unspecified atom stereocenters. The Bertz CT molecular complexity index is 937. The van der Waals surface area contributed by atoms with Crippen molar-refractivity contribution >= 4 is 11.2 Å². The number of aromatic amines is 2. The minimum Gasteiger partial charge on any atom is -0.490 e. The lowest BCUT2D eigenvalue weighted by Crippen LogP contribution is -2.23. The number of benzene rings is 1. The molecular weight excluding hydrogens is 344 g/mol. The van der Waals surface area contributed by atoms with E-state index in [-0.39, 0.29) is 18.3 Å². The molecule has 0 saturated heterocycles. The number of H-pyrrole nitrogens is 2. The lowest BCUT2D eigenvalue weighted by Gasteiger charge is -2.22. The maximum absolute atomic E-state index is 11.9. The van der Waals surface area contributed by atoms with Gasteiger partial charge >= 0.3 is 0 Å². The van der Waals surface area contributed by atoms with Crippen LogP contribution in [0.1, 0.15) is 31.5 Å². The summed E-state index contributed by atoms with van der Waals surface area (Å²) in [5, 5.41) is 9.41. The second-order valence-electron chi connectivity index (χ2n) is 7.33. The lowest BCUT2D eigenvalue weighted by atomic mass is 9.96. The Labute approximate surface area is 156 Å². The zero-order chi connectivity index (χ0) is 18.6. The summed E-state index contributed by atoms with van der Waals surface area (Å²) in [6, 6.07) is 9.76. The number of para-hydroxylation sites is 1. The van der Waals surface area contributed by atoms with Crippen LogP contribution < -0.4 is 10.3 Å². The van der Waals surface area contributed by atoms with E-state index in [2.05, 4.69) is 19.9 Å². The molecule has 0 bridgehead atoms. The SMILES string of the molecule is O=c1[nH]cnc2nc(CC(CC3CCC(CO)C3)Oc3ccccc3)[nH]c12. The molecule has 1 aliphatic rings. The molecule has 7 heteroatoms. The highest BCUT2D eigenvalue weighted by molar-refractivity contribution is 5.68. The van der Waals surface area contributed by atoms with Gasteiger partial charge in [0.2, 0.25) is 0 Å². The van der Waals surface area contributed by atoms with Gasteiger partial charge in [-0.1, -0.05) is 18.2 Å². The second kappa shape index (κ2) is 7.92. The van der Waals surface area contributed by atoms with Crippen LogP contribution in [0.3, 0.4) is 0 Å². The predicted molar refractivity (Wildman–Crippen MR) is 102 cm³/mol. The van der Waals surface area contributed by atoms with E-state index < -0.39 is 0 Å². The molecule has 4 rings (SSSR count). The predicted octanol–water partition coefficient (Wildman–Crippen LogP) is 2.43. The summed E-state index contributed by atoms with van der Waals surface area (Å²) in [6.07, 6.45) is 5.99. The molecule has 1 saturated carbocycles. The van der Waals surface area contributed by atoms with Gasteiger partial charge in [0.05, 0.1) is 6.33 Å². The van der Waals surface area contributed by atoms with Crippen LogP contribution in [-0.2, 0) is 6.42 Å². The molecule has 0 radical (unpaired) electrons. The maximum atomic E-state index is 11.9. The minimum atomic E-state index is -0.221. The Balaban J connectivity index is 1.52. The van der Waals surface area contributed by atoms with E-state index in [1.165, 1.54) is 6.33 Å². The molecule has 3 N–H and O–H groups in total. The van der Waals surface area contributed by atoms with E-state index in [1.54, 1.807) is 0 Å². The fourth-order valence-electron chi connectivity index (χ4n) is 3.99. The summed E-state index contributed by atoms with van der Waals surface area (Å²) in [6.45, 7) is 0.263. The van der Waals surface area contributed by atoms with Crippen LogP contribution >= 0.6 is 0 Å². The van der Waals surface area contributed by atoms with Crippen molar-refractivity contribution in [3.63, 3.8) is 0 Å². The maximum Gasteiger partial charge on any atom is 0.276 e. The Hall–Kier alpha value is -2.67. The Kier molecular flexibility index (Phi) is 5.20. The van der Waals surface area contributed by atoms with Crippen LogP contribution in [0.25, 0.3) is 11.2 Å². The molecule has 0 amide bonds. The first-order chi connectivity index (χ1) is 13.2. The van der Waals surface area contributed by atoms with Gasteiger partial charge in [0.25, 0.3) is 5.56 Å². The molecule has 1 fully saturated rings. The van der Waals surface area contributed by atoms with Gasteiger partial charge < -0.3 is 19.8 Å². The van der Waals surface area contributed by atoms with Crippen molar-refractivity contribution in [1.29, 1.82) is 0 Å². The highest BCUT2D eigenvalue weighted by Gasteiger charge is 2.28. The minimum absolute atomic E-state index is 0.0607. The van der Waals surface area contributed by atoms with E-state index in [1.807, 2.05) is 30.3 Å². The van der Waals surface area contributed by atoms with Crippen LogP contribution in [0.5, 0.6) is 5.75 Å². The molecule has 142 valence electrons. The van der Waals surface area contributed by atoms with Gasteiger partial charge in [-0.15, -0.1) is 0 Å². The molecule has 3 aromatic rings. The summed E-state index contributed by atoms with van der Waals surface area (Å²) < 4.78 is 6.25. The molecule has 1 aliphatic carbocycles. The van der Waals surface area contributed by atoms with Crippen molar-refractivity contribution in [3.8, 4) is 5.75 Å². The zero-order valence-corrected chi connectivity index (χ0v) is 15.1. The molecule has 2 heterocycles. The van der Waals surface area contributed by atoms with Crippen molar-refractivity contribution in [2.45, 2.75) is 38.2 Å². The lowest BCUT2D eigenvalue weighted by molar-refractivity contribution is 0.161. The largest absolute Gasteiger partial charge is 0.490 e. The fraction of sp³-hybridized carbons (Fsp3) is 0.450. The Morgan fingerprint density at radius 3 is 2.78 bits per heavy atom. The van der Waals surface area contributed by atoms with Crippen molar-refractivity contribution in [2.24, 2.45) is 11.8 Å². The van der Waals surface area contributed by atoms with E-state index in [0.29, 0.717) is 35.2 Å². The molecule has 7 nitrogen and oxygen atoms in total. The number of nitrogens with zero attached hydrogens (tertiary/aromatic N) is 2. The van der Waals surface area contributed by atoms with Crippen molar-refractivity contribution in [2.75, 3.05) is 6.61 Å². The molecule has 0 spiro atoms. The first-order valence-corrected chi connectivity index (χ1v) is 9.46. The fourth-order valence-corrected chi connectivity index (χ4v) is 3.99. The van der Waals surface area contributed by atoms with E-state index >= 15 is 0 Å². The number of rotatable bonds is 7. The number of imidazole rings is 1. The average molecular weight is 368 g/mol. The molecule has 1 aromatic carbocycles. The van der Waals surface area contributed by atoms with Gasteiger partial charge in [0.15, 0.2) is 11.2 Å². The second-order valence-corrected chi connectivity index (χ2v) is 7.33. The number of nitrogens with one attached hydrogen (secondary N) is 2. The number of aliphatic hydroxyl groups excluding tert-OH is 1. The summed E-state index contributed by atoms with van der Waals surface area (Å²) in [7, 11) is 0. The third-order valence-corrected chi connectivity index (χ3v) is 5.31. The van der Waals surface area contributed by atoms with Gasteiger partial charge in [-0.2, -0.15) is 0 Å². The van der Waals surface area contributed by atoms with Gasteiger partial charge in [-0.25, -0.2) is 9.97 Å². The molecule has 2 aromatic heterocycles. The highest BCUT2D eigenvalue weighted by Crippen LogP contribution is 2.34. The third kappa shape index (κ3) is 4.19. The van der Waals surface area contributed by atoms with Gasteiger partial charge in [0.1, 0.15) is 17.7 Å². The topological polar surface area (TPSA) is 104 Å². The summed E-state index contributed by atoms with van der Waals surface area (Å²) >= 11 is 0. The number of aliphatic hydroxyl groups is 1. The number of aromatic nitrogens is 4. The first kappa shape index (κ1) is 17.7. The monoisotopic (exact) mass is 368 g/mol. The molecule has 0 aliphatic heterocycles. The smallest absolute Gasteiger partial charge is 0.276 e. The zero-order valence-electron chi connectivity index (χ0n) is 15.1. The third-order valence-electron chi connectivity index (χ3n) is 5.31. The Morgan fingerprint density at radius 2 is 2.04 bits per heavy atom. The van der Waals surface area contributed by atoms with Gasteiger partial charge in [-0.05, 0) is 49.7 Å². The van der Waals surface area contributed by atoms with Crippen LogP contribution in [0, 0.1) is 11.8 Å². The highest BCUT2D eigenvalue weighted by atomic mass is 16.5. The molecule has 27 heavy (non-hydrogen) atoms. The standard InChI is InChI=1S/C20H24N4O3/c25-11-14-7-6-13(8-14)9-16(27-15-4-2-1-3-5-15)10-17-23-18-19(24-17)21-12-22-20(18)26/h1-5,12-14,16,25H,6-11H2,(H2,21,22,23,24,26). The van der Waals surface area contributed by atoms with Crippen LogP contribution in [0.2, 0.25) is 0 Å². The van der Waals surface area contributed by atoms with Gasteiger partial charge in [0, 0.05) is 13.0 Å². The van der Waals surface area contributed by atoms with Crippen LogP contribution in [0.4, 0.5) is 0 Å².